The number of ether oxygens (including phenoxy) is 2. The number of anilines is 1. The highest BCUT2D eigenvalue weighted by atomic mass is 79.9. The smallest absolute Gasteiger partial charge is 0.231 e. The van der Waals surface area contributed by atoms with E-state index in [1.807, 2.05) is 30.3 Å². The molecule has 0 aromatic heterocycles. The van der Waals surface area contributed by atoms with Gasteiger partial charge in [0.15, 0.2) is 0 Å². The van der Waals surface area contributed by atoms with Gasteiger partial charge in [-0.05, 0) is 42.2 Å². The van der Waals surface area contributed by atoms with E-state index in [-0.39, 0.29) is 24.2 Å². The molecule has 4 rings (SSSR count). The number of halogens is 2. The maximum Gasteiger partial charge on any atom is 0.231 e. The summed E-state index contributed by atoms with van der Waals surface area (Å²) in [6.07, 6.45) is 1.20. The molecule has 0 bridgehead atoms. The second kappa shape index (κ2) is 8.78. The van der Waals surface area contributed by atoms with Crippen LogP contribution in [-0.4, -0.2) is 31.8 Å². The van der Waals surface area contributed by atoms with Crippen molar-refractivity contribution in [2.75, 3.05) is 24.7 Å². The molecular formula is C23H23BrFNO3. The highest BCUT2D eigenvalue weighted by Crippen LogP contribution is 2.38. The number of carbonyl (C=O) groups excluding carboxylic acids is 1. The lowest BCUT2D eigenvalue weighted by Crippen LogP contribution is -2.30. The number of amides is 1. The van der Waals surface area contributed by atoms with E-state index in [9.17, 15) is 9.18 Å². The van der Waals surface area contributed by atoms with Crippen molar-refractivity contribution in [1.82, 2.24) is 0 Å². The minimum absolute atomic E-state index is 0.0332. The first kappa shape index (κ1) is 20.3. The number of carbonyl (C=O) groups is 1. The molecule has 0 radical (unpaired) electrons. The van der Waals surface area contributed by atoms with Gasteiger partial charge in [-0.25, -0.2) is 4.39 Å². The number of benzene rings is 2. The number of aryl methyl sites for hydroxylation is 1. The molecule has 1 saturated heterocycles. The summed E-state index contributed by atoms with van der Waals surface area (Å²) in [5, 5.41) is 0. The van der Waals surface area contributed by atoms with Gasteiger partial charge in [0.25, 0.3) is 0 Å². The quantitative estimate of drug-likeness (QED) is 0.632. The van der Waals surface area contributed by atoms with Crippen molar-refractivity contribution in [3.8, 4) is 0 Å². The third-order valence-corrected chi connectivity index (χ3v) is 6.35. The van der Waals surface area contributed by atoms with Gasteiger partial charge in [-0.2, -0.15) is 0 Å². The third-order valence-electron chi connectivity index (χ3n) is 5.37. The van der Waals surface area contributed by atoms with Gasteiger partial charge >= 0.3 is 0 Å². The summed E-state index contributed by atoms with van der Waals surface area (Å²) in [5.41, 5.74) is 4.01. The van der Waals surface area contributed by atoms with Gasteiger partial charge in [0, 0.05) is 16.7 Å². The molecule has 0 aliphatic carbocycles. The fourth-order valence-corrected chi connectivity index (χ4v) is 4.23. The van der Waals surface area contributed by atoms with Crippen molar-refractivity contribution in [3.05, 3.63) is 70.5 Å². The van der Waals surface area contributed by atoms with Crippen LogP contribution in [-0.2, 0) is 20.8 Å². The van der Waals surface area contributed by atoms with Crippen LogP contribution >= 0.6 is 15.9 Å². The minimum atomic E-state index is -0.259. The first-order chi connectivity index (χ1) is 14.0. The van der Waals surface area contributed by atoms with E-state index in [4.69, 9.17) is 9.47 Å². The molecule has 2 aliphatic rings. The molecule has 0 N–H and O–H groups in total. The average molecular weight is 460 g/mol. The van der Waals surface area contributed by atoms with Crippen molar-refractivity contribution in [2.45, 2.75) is 32.4 Å². The Balaban J connectivity index is 1.62. The van der Waals surface area contributed by atoms with E-state index in [0.29, 0.717) is 31.9 Å². The molecule has 29 heavy (non-hydrogen) atoms. The Labute approximate surface area is 178 Å². The zero-order valence-corrected chi connectivity index (χ0v) is 17.9. The van der Waals surface area contributed by atoms with E-state index in [1.165, 1.54) is 6.07 Å². The Hall–Kier alpha value is -2.02. The number of rotatable bonds is 5. The molecule has 2 aliphatic heterocycles. The molecular weight excluding hydrogens is 437 g/mol. The lowest BCUT2D eigenvalue weighted by Gasteiger charge is -2.23. The van der Waals surface area contributed by atoms with Gasteiger partial charge in [0.05, 0.1) is 38.0 Å². The Kier molecular flexibility index (Phi) is 6.13. The molecule has 6 heteroatoms. The van der Waals surface area contributed by atoms with Crippen LogP contribution in [0.3, 0.4) is 0 Å². The Morgan fingerprint density at radius 1 is 1.28 bits per heavy atom. The van der Waals surface area contributed by atoms with Crippen LogP contribution < -0.4 is 4.90 Å². The first-order valence-corrected chi connectivity index (χ1v) is 10.5. The summed E-state index contributed by atoms with van der Waals surface area (Å²) in [6, 6.07) is 12.9. The molecule has 0 unspecified atom stereocenters. The number of para-hydroxylation sites is 1. The molecule has 2 aromatic rings. The van der Waals surface area contributed by atoms with Crippen molar-refractivity contribution in [3.63, 3.8) is 0 Å². The average Bonchev–Trinajstić information content (AvgIpc) is 3.22. The lowest BCUT2D eigenvalue weighted by molar-refractivity contribution is -0.118. The van der Waals surface area contributed by atoms with Crippen molar-refractivity contribution >= 4 is 32.0 Å². The summed E-state index contributed by atoms with van der Waals surface area (Å²) in [4.78, 5) is 14.9. The third kappa shape index (κ3) is 4.44. The van der Waals surface area contributed by atoms with Gasteiger partial charge in [-0.15, -0.1) is 0 Å². The molecule has 1 amide bonds. The summed E-state index contributed by atoms with van der Waals surface area (Å²) in [5.74, 6) is -0.292. The largest absolute Gasteiger partial charge is 0.379 e. The maximum absolute atomic E-state index is 14.0. The SMILES string of the molecule is Cc1ccc(CN2C(=O)CC(CO[C@@H]3CCOC3)=C(Br)c3ccccc32)cc1F. The van der Waals surface area contributed by atoms with E-state index < -0.39 is 0 Å². The van der Waals surface area contributed by atoms with Crippen LogP contribution in [0, 0.1) is 12.7 Å². The van der Waals surface area contributed by atoms with Crippen LogP contribution in [0.4, 0.5) is 10.1 Å². The first-order valence-electron chi connectivity index (χ1n) is 9.74. The zero-order valence-electron chi connectivity index (χ0n) is 16.3. The summed E-state index contributed by atoms with van der Waals surface area (Å²) >= 11 is 3.70. The second-order valence-electron chi connectivity index (χ2n) is 7.47. The van der Waals surface area contributed by atoms with Crippen LogP contribution in [0.15, 0.2) is 48.0 Å². The Bertz CT molecular complexity index is 953. The Morgan fingerprint density at radius 3 is 2.86 bits per heavy atom. The number of fused-ring (bicyclic) bond motifs is 1. The standard InChI is InChI=1S/C23H23BrFNO3/c1-15-6-7-16(10-20(15)25)12-26-21-5-3-2-4-19(21)23(24)17(11-22(26)27)13-29-18-8-9-28-14-18/h2-7,10,18H,8-9,11-14H2,1H3/t18-/m1/s1. The summed E-state index contributed by atoms with van der Waals surface area (Å²) < 4.78 is 26.3. The summed E-state index contributed by atoms with van der Waals surface area (Å²) in [7, 11) is 0. The summed E-state index contributed by atoms with van der Waals surface area (Å²) in [6.45, 7) is 3.74. The highest BCUT2D eigenvalue weighted by molar-refractivity contribution is 9.15. The van der Waals surface area contributed by atoms with Gasteiger partial charge < -0.3 is 14.4 Å². The van der Waals surface area contributed by atoms with Crippen LogP contribution in [0.25, 0.3) is 4.48 Å². The predicted octanol–water partition coefficient (Wildman–Crippen LogP) is 4.98. The zero-order chi connectivity index (χ0) is 20.4. The predicted molar refractivity (Wildman–Crippen MR) is 114 cm³/mol. The van der Waals surface area contributed by atoms with Crippen molar-refractivity contribution in [2.24, 2.45) is 0 Å². The minimum Gasteiger partial charge on any atom is -0.379 e. The van der Waals surface area contributed by atoms with Crippen LogP contribution in [0.1, 0.15) is 29.5 Å². The molecule has 152 valence electrons. The molecule has 0 saturated carbocycles. The highest BCUT2D eigenvalue weighted by Gasteiger charge is 2.28. The van der Waals surface area contributed by atoms with E-state index in [0.717, 1.165) is 33.3 Å². The molecule has 1 fully saturated rings. The molecule has 0 spiro atoms. The van der Waals surface area contributed by atoms with Crippen LogP contribution in [0.5, 0.6) is 0 Å². The van der Waals surface area contributed by atoms with E-state index in [2.05, 4.69) is 15.9 Å². The molecule has 2 heterocycles. The van der Waals surface area contributed by atoms with Gasteiger partial charge in [-0.1, -0.05) is 46.3 Å². The van der Waals surface area contributed by atoms with Gasteiger partial charge in [0.2, 0.25) is 5.91 Å². The number of hydrogen-bond donors (Lipinski definition) is 0. The van der Waals surface area contributed by atoms with Crippen molar-refractivity contribution in [1.29, 1.82) is 0 Å². The number of hydrogen-bond acceptors (Lipinski definition) is 3. The fraction of sp³-hybridized carbons (Fsp3) is 0.348. The maximum atomic E-state index is 14.0. The van der Waals surface area contributed by atoms with Gasteiger partial charge in [0.1, 0.15) is 5.82 Å². The number of nitrogens with zero attached hydrogens (tertiary/aromatic N) is 1. The molecule has 1 atom stereocenters. The lowest BCUT2D eigenvalue weighted by atomic mass is 10.1. The Morgan fingerprint density at radius 2 is 2.10 bits per heavy atom. The monoisotopic (exact) mass is 459 g/mol. The second-order valence-corrected chi connectivity index (χ2v) is 8.26. The van der Waals surface area contributed by atoms with Gasteiger partial charge in [-0.3, -0.25) is 4.79 Å². The van der Waals surface area contributed by atoms with E-state index >= 15 is 0 Å². The van der Waals surface area contributed by atoms with Crippen LogP contribution in [0.2, 0.25) is 0 Å². The fourth-order valence-electron chi connectivity index (χ4n) is 3.64. The van der Waals surface area contributed by atoms with E-state index in [1.54, 1.807) is 17.9 Å². The molecule has 2 aromatic carbocycles. The topological polar surface area (TPSA) is 38.8 Å². The normalized spacial score (nSPS) is 19.5. The molecule has 4 nitrogen and oxygen atoms in total. The van der Waals surface area contributed by atoms with Crippen molar-refractivity contribution < 1.29 is 18.7 Å².